The Balaban J connectivity index is 1.50. The van der Waals surface area contributed by atoms with Crippen LogP contribution in [-0.4, -0.2) is 38.7 Å². The first-order valence-corrected chi connectivity index (χ1v) is 8.08. The van der Waals surface area contributed by atoms with Gasteiger partial charge >= 0.3 is 0 Å². The Hall–Kier alpha value is -3.69. The molecule has 0 aliphatic carbocycles. The Morgan fingerprint density at radius 2 is 2.00 bits per heavy atom. The maximum Gasteiger partial charge on any atom is 0.248 e. The Morgan fingerprint density at radius 3 is 2.70 bits per heavy atom. The number of tetrazole rings is 1. The third kappa shape index (κ3) is 3.36. The van der Waals surface area contributed by atoms with Crippen LogP contribution in [0.2, 0.25) is 0 Å². The summed E-state index contributed by atoms with van der Waals surface area (Å²) in [6, 6.07) is 6.61. The maximum atomic E-state index is 12.4. The fourth-order valence-corrected chi connectivity index (χ4v) is 2.62. The molecule has 10 nitrogen and oxygen atoms in total. The van der Waals surface area contributed by atoms with Crippen molar-refractivity contribution in [3.8, 4) is 23.1 Å². The van der Waals surface area contributed by atoms with Crippen LogP contribution in [0.1, 0.15) is 23.0 Å². The van der Waals surface area contributed by atoms with Crippen LogP contribution in [0.3, 0.4) is 0 Å². The maximum absolute atomic E-state index is 12.4. The highest BCUT2D eigenvalue weighted by Gasteiger charge is 2.21. The molecule has 3 aromatic rings. The Kier molecular flexibility index (Phi) is 4.07. The summed E-state index contributed by atoms with van der Waals surface area (Å²) in [6.45, 7) is 3.10. The molecule has 0 unspecified atom stereocenters. The van der Waals surface area contributed by atoms with Crippen molar-refractivity contribution >= 4 is 17.4 Å². The summed E-state index contributed by atoms with van der Waals surface area (Å²) in [7, 11) is 0. The highest BCUT2D eigenvalue weighted by Crippen LogP contribution is 2.37. The van der Waals surface area contributed by atoms with E-state index >= 15 is 0 Å². The average Bonchev–Trinajstić information content (AvgIpc) is 3.34. The number of furan rings is 1. The second-order valence-corrected chi connectivity index (χ2v) is 5.91. The van der Waals surface area contributed by atoms with E-state index in [1.807, 2.05) is 0 Å². The van der Waals surface area contributed by atoms with Crippen LogP contribution < -0.4 is 14.8 Å². The number of carbonyl (C=O) groups excluding carboxylic acids is 2. The summed E-state index contributed by atoms with van der Waals surface area (Å²) in [6.07, 6.45) is 0. The standard InChI is InChI=1S/C17H15N5O5/c1-9-3-4-13(27-9)17-19-21-22(20-17)7-16(24)18-12-6-15-14(25-8-26-15)5-11(12)10(2)23/h3-6H,7-8H2,1-2H3,(H,18,24). The number of hydrogen-bond acceptors (Lipinski definition) is 8. The van der Waals surface area contributed by atoms with E-state index in [-0.39, 0.29) is 24.9 Å². The predicted molar refractivity (Wildman–Crippen MR) is 91.5 cm³/mol. The Bertz CT molecular complexity index is 1040. The molecule has 10 heteroatoms. The summed E-state index contributed by atoms with van der Waals surface area (Å²) in [5.41, 5.74) is 0.657. The van der Waals surface area contributed by atoms with Crippen LogP contribution in [0.5, 0.6) is 11.5 Å². The highest BCUT2D eigenvalue weighted by atomic mass is 16.7. The number of rotatable bonds is 5. The van der Waals surface area contributed by atoms with Gasteiger partial charge in [-0.2, -0.15) is 4.80 Å². The van der Waals surface area contributed by atoms with E-state index < -0.39 is 5.91 Å². The van der Waals surface area contributed by atoms with E-state index in [4.69, 9.17) is 13.9 Å². The number of ether oxygens (including phenoxy) is 2. The van der Waals surface area contributed by atoms with Gasteiger partial charge in [0.25, 0.3) is 0 Å². The van der Waals surface area contributed by atoms with Crippen molar-refractivity contribution in [1.82, 2.24) is 20.2 Å². The number of nitrogens with one attached hydrogen (secondary N) is 1. The molecule has 0 spiro atoms. The molecule has 0 atom stereocenters. The summed E-state index contributed by atoms with van der Waals surface area (Å²) in [4.78, 5) is 25.4. The fourth-order valence-electron chi connectivity index (χ4n) is 2.62. The minimum absolute atomic E-state index is 0.0714. The monoisotopic (exact) mass is 369 g/mol. The van der Waals surface area contributed by atoms with E-state index in [9.17, 15) is 9.59 Å². The zero-order valence-corrected chi connectivity index (χ0v) is 14.6. The number of anilines is 1. The van der Waals surface area contributed by atoms with Crippen molar-refractivity contribution in [3.05, 3.63) is 35.6 Å². The van der Waals surface area contributed by atoms with Crippen molar-refractivity contribution in [3.63, 3.8) is 0 Å². The van der Waals surface area contributed by atoms with E-state index in [2.05, 4.69) is 20.7 Å². The van der Waals surface area contributed by atoms with Crippen molar-refractivity contribution in [2.45, 2.75) is 20.4 Å². The first-order chi connectivity index (χ1) is 13.0. The van der Waals surface area contributed by atoms with Crippen LogP contribution in [0.15, 0.2) is 28.7 Å². The number of aryl methyl sites for hydroxylation is 1. The van der Waals surface area contributed by atoms with Gasteiger partial charge in [-0.05, 0) is 37.3 Å². The number of ketones is 1. The lowest BCUT2D eigenvalue weighted by atomic mass is 10.1. The molecule has 1 N–H and O–H groups in total. The molecule has 138 valence electrons. The normalized spacial score (nSPS) is 12.2. The zero-order valence-electron chi connectivity index (χ0n) is 14.6. The lowest BCUT2D eigenvalue weighted by molar-refractivity contribution is -0.117. The van der Waals surface area contributed by atoms with Gasteiger partial charge in [-0.15, -0.1) is 10.2 Å². The highest BCUT2D eigenvalue weighted by molar-refractivity contribution is 6.04. The van der Waals surface area contributed by atoms with Crippen molar-refractivity contribution in [2.24, 2.45) is 0 Å². The van der Waals surface area contributed by atoms with Gasteiger partial charge in [0.1, 0.15) is 12.3 Å². The number of hydrogen-bond donors (Lipinski definition) is 1. The minimum atomic E-state index is -0.420. The second-order valence-electron chi connectivity index (χ2n) is 5.91. The third-order valence-corrected chi connectivity index (χ3v) is 3.86. The molecule has 0 saturated heterocycles. The van der Waals surface area contributed by atoms with Crippen molar-refractivity contribution in [2.75, 3.05) is 12.1 Å². The molecule has 4 rings (SSSR count). The zero-order chi connectivity index (χ0) is 19.0. The molecule has 2 aromatic heterocycles. The first kappa shape index (κ1) is 16.8. The largest absolute Gasteiger partial charge is 0.458 e. The number of benzene rings is 1. The van der Waals surface area contributed by atoms with Gasteiger partial charge < -0.3 is 19.2 Å². The molecule has 1 aliphatic rings. The molecular formula is C17H15N5O5. The van der Waals surface area contributed by atoms with E-state index in [0.717, 1.165) is 10.6 Å². The van der Waals surface area contributed by atoms with Gasteiger partial charge in [0, 0.05) is 11.6 Å². The number of nitrogens with zero attached hydrogens (tertiary/aromatic N) is 4. The number of Topliss-reactive ketones (excluding diaryl/α,β-unsaturated/α-hetero) is 1. The van der Waals surface area contributed by atoms with E-state index in [1.54, 1.807) is 31.2 Å². The Morgan fingerprint density at radius 1 is 1.22 bits per heavy atom. The van der Waals surface area contributed by atoms with Crippen LogP contribution >= 0.6 is 0 Å². The van der Waals surface area contributed by atoms with E-state index in [0.29, 0.717) is 28.5 Å². The third-order valence-electron chi connectivity index (χ3n) is 3.86. The summed E-state index contributed by atoms with van der Waals surface area (Å²) < 4.78 is 16.0. The van der Waals surface area contributed by atoms with Gasteiger partial charge in [0.2, 0.25) is 18.5 Å². The van der Waals surface area contributed by atoms with Crippen molar-refractivity contribution < 1.29 is 23.5 Å². The number of carbonyl (C=O) groups is 2. The molecule has 1 aromatic carbocycles. The van der Waals surface area contributed by atoms with Crippen LogP contribution in [0.25, 0.3) is 11.6 Å². The summed E-state index contributed by atoms with van der Waals surface area (Å²) in [5.74, 6) is 1.77. The van der Waals surface area contributed by atoms with Gasteiger partial charge in [0.05, 0.1) is 5.69 Å². The number of fused-ring (bicyclic) bond motifs is 1. The SMILES string of the molecule is CC(=O)c1cc2c(cc1NC(=O)Cn1nnc(-c3ccc(C)o3)n1)OCO2. The molecule has 3 heterocycles. The minimum Gasteiger partial charge on any atom is -0.458 e. The lowest BCUT2D eigenvalue weighted by Gasteiger charge is -2.10. The summed E-state index contributed by atoms with van der Waals surface area (Å²) >= 11 is 0. The fraction of sp³-hybridized carbons (Fsp3) is 0.235. The summed E-state index contributed by atoms with van der Waals surface area (Å²) in [5, 5.41) is 14.5. The van der Waals surface area contributed by atoms with Gasteiger partial charge in [-0.25, -0.2) is 0 Å². The molecule has 27 heavy (non-hydrogen) atoms. The first-order valence-electron chi connectivity index (χ1n) is 8.08. The quantitative estimate of drug-likeness (QED) is 0.676. The second kappa shape index (κ2) is 6.56. The van der Waals surface area contributed by atoms with Gasteiger partial charge in [-0.3, -0.25) is 9.59 Å². The molecule has 1 aliphatic heterocycles. The molecule has 0 saturated carbocycles. The van der Waals surface area contributed by atoms with Crippen molar-refractivity contribution in [1.29, 1.82) is 0 Å². The average molecular weight is 369 g/mol. The Labute approximate surface area is 153 Å². The van der Waals surface area contributed by atoms with Crippen LogP contribution in [0.4, 0.5) is 5.69 Å². The molecular weight excluding hydrogens is 354 g/mol. The van der Waals surface area contributed by atoms with Crippen LogP contribution in [-0.2, 0) is 11.3 Å². The van der Waals surface area contributed by atoms with Gasteiger partial charge in [-0.1, -0.05) is 0 Å². The smallest absolute Gasteiger partial charge is 0.248 e. The molecule has 0 radical (unpaired) electrons. The topological polar surface area (TPSA) is 121 Å². The van der Waals surface area contributed by atoms with E-state index in [1.165, 1.54) is 6.92 Å². The number of amides is 1. The molecule has 1 amide bonds. The predicted octanol–water partition coefficient (Wildman–Crippen LogP) is 1.81. The lowest BCUT2D eigenvalue weighted by Crippen LogP contribution is -2.21. The molecule has 0 bridgehead atoms. The van der Waals surface area contributed by atoms with Gasteiger partial charge in [0.15, 0.2) is 23.0 Å². The number of aromatic nitrogens is 4. The van der Waals surface area contributed by atoms with Crippen LogP contribution in [0, 0.1) is 6.92 Å². The molecule has 0 fully saturated rings.